The summed E-state index contributed by atoms with van der Waals surface area (Å²) in [5.41, 5.74) is 1.43. The zero-order chi connectivity index (χ0) is 20.6. The molecule has 2 heterocycles. The number of hydrogen-bond acceptors (Lipinski definition) is 4. The third kappa shape index (κ3) is 6.24. The number of hydrogen-bond donors (Lipinski definition) is 1. The van der Waals surface area contributed by atoms with E-state index in [2.05, 4.69) is 11.9 Å². The smallest absolute Gasteiger partial charge is 0.228 e. The van der Waals surface area contributed by atoms with E-state index in [-0.39, 0.29) is 12.3 Å². The first-order valence-electron chi connectivity index (χ1n) is 9.69. The summed E-state index contributed by atoms with van der Waals surface area (Å²) >= 11 is 5.99. The molecule has 29 heavy (non-hydrogen) atoms. The van der Waals surface area contributed by atoms with Gasteiger partial charge in [-0.05, 0) is 55.2 Å². The maximum absolute atomic E-state index is 12.2. The van der Waals surface area contributed by atoms with Crippen LogP contribution in [0, 0.1) is 0 Å². The van der Waals surface area contributed by atoms with E-state index in [1.807, 2.05) is 24.3 Å². The number of benzene rings is 2. The maximum atomic E-state index is 12.2. The summed E-state index contributed by atoms with van der Waals surface area (Å²) in [4.78, 5) is 12.2. The standard InChI is InChI=1S/C18H18ClNO3.C5H8O/c1-3-10-23-17-9-6-14(19)12-16(17)20-18(21)11-13-4-7-15(22-2)8-5-13;1-2-5-3-4(1)6-5/h3-9,12H,1,10-11H2,2H3,(H,20,21);4-5H,1-3H2. The zero-order valence-corrected chi connectivity index (χ0v) is 17.3. The van der Waals surface area contributed by atoms with Crippen molar-refractivity contribution in [2.75, 3.05) is 19.0 Å². The minimum atomic E-state index is -0.152. The molecule has 3 aliphatic rings. The molecule has 1 saturated carbocycles. The zero-order valence-electron chi connectivity index (χ0n) is 16.5. The van der Waals surface area contributed by atoms with Gasteiger partial charge in [0.1, 0.15) is 18.1 Å². The van der Waals surface area contributed by atoms with Gasteiger partial charge in [0.2, 0.25) is 5.91 Å². The monoisotopic (exact) mass is 415 g/mol. The van der Waals surface area contributed by atoms with Gasteiger partial charge in [-0.1, -0.05) is 36.4 Å². The van der Waals surface area contributed by atoms with Crippen molar-refractivity contribution >= 4 is 23.2 Å². The van der Waals surface area contributed by atoms with Gasteiger partial charge in [-0.25, -0.2) is 0 Å². The number of halogens is 1. The molecule has 3 fully saturated rings. The lowest BCUT2D eigenvalue weighted by Gasteiger charge is -2.23. The molecule has 2 aromatic carbocycles. The molecule has 2 bridgehead atoms. The number of methoxy groups -OCH3 is 1. The van der Waals surface area contributed by atoms with Gasteiger partial charge in [0.25, 0.3) is 0 Å². The molecule has 2 unspecified atom stereocenters. The number of anilines is 1. The summed E-state index contributed by atoms with van der Waals surface area (Å²) in [7, 11) is 1.60. The third-order valence-electron chi connectivity index (χ3n) is 4.82. The lowest BCUT2D eigenvalue weighted by molar-refractivity contribution is -0.115. The molecule has 2 aromatic rings. The normalized spacial score (nSPS) is 18.7. The maximum Gasteiger partial charge on any atom is 0.228 e. The van der Waals surface area contributed by atoms with Crippen molar-refractivity contribution in [1.82, 2.24) is 0 Å². The van der Waals surface area contributed by atoms with Crippen LogP contribution in [0.3, 0.4) is 0 Å². The quantitative estimate of drug-likeness (QED) is 0.644. The van der Waals surface area contributed by atoms with Crippen LogP contribution in [0.2, 0.25) is 5.02 Å². The summed E-state index contributed by atoms with van der Waals surface area (Å²) < 4.78 is 15.9. The fraction of sp³-hybridized carbons (Fsp3) is 0.348. The van der Waals surface area contributed by atoms with Crippen LogP contribution in [-0.2, 0) is 16.0 Å². The lowest BCUT2D eigenvalue weighted by atomic mass is 10.1. The summed E-state index contributed by atoms with van der Waals surface area (Å²) in [5.74, 6) is 1.15. The van der Waals surface area contributed by atoms with Crippen LogP contribution in [0.5, 0.6) is 11.5 Å². The van der Waals surface area contributed by atoms with Crippen LogP contribution in [0.4, 0.5) is 5.69 Å². The van der Waals surface area contributed by atoms with Crippen molar-refractivity contribution in [2.24, 2.45) is 0 Å². The predicted octanol–water partition coefficient (Wildman–Crippen LogP) is 5.03. The number of carbonyl (C=O) groups excluding carboxylic acids is 1. The second kappa shape index (κ2) is 10.3. The highest BCUT2D eigenvalue weighted by atomic mass is 35.5. The van der Waals surface area contributed by atoms with Gasteiger partial charge < -0.3 is 19.5 Å². The minimum Gasteiger partial charge on any atom is -0.497 e. The van der Waals surface area contributed by atoms with E-state index in [1.54, 1.807) is 31.4 Å². The summed E-state index contributed by atoms with van der Waals surface area (Å²) in [5, 5.41) is 3.35. The van der Waals surface area contributed by atoms with Gasteiger partial charge in [-0.2, -0.15) is 0 Å². The Balaban J connectivity index is 0.000000334. The van der Waals surface area contributed by atoms with E-state index in [0.717, 1.165) is 11.3 Å². The van der Waals surface area contributed by atoms with Crippen LogP contribution in [0.1, 0.15) is 24.8 Å². The van der Waals surface area contributed by atoms with Crippen LogP contribution in [0.25, 0.3) is 0 Å². The van der Waals surface area contributed by atoms with Crippen molar-refractivity contribution in [2.45, 2.75) is 37.9 Å². The molecule has 154 valence electrons. The number of rotatable bonds is 7. The van der Waals surface area contributed by atoms with E-state index in [1.165, 1.54) is 19.3 Å². The second-order valence-electron chi connectivity index (χ2n) is 7.01. The topological polar surface area (TPSA) is 56.8 Å². The Kier molecular flexibility index (Phi) is 7.55. The molecule has 2 atom stereocenters. The highest BCUT2D eigenvalue weighted by Gasteiger charge is 2.36. The number of fused-ring (bicyclic) bond motifs is 1. The Bertz CT molecular complexity index is 818. The van der Waals surface area contributed by atoms with Gasteiger partial charge >= 0.3 is 0 Å². The summed E-state index contributed by atoms with van der Waals surface area (Å²) in [6, 6.07) is 12.4. The van der Waals surface area contributed by atoms with Crippen molar-refractivity contribution in [3.8, 4) is 11.5 Å². The van der Waals surface area contributed by atoms with E-state index >= 15 is 0 Å². The van der Waals surface area contributed by atoms with Crippen LogP contribution < -0.4 is 14.8 Å². The number of ether oxygens (including phenoxy) is 3. The fourth-order valence-corrected chi connectivity index (χ4v) is 3.47. The van der Waals surface area contributed by atoms with Gasteiger partial charge in [-0.3, -0.25) is 4.79 Å². The molecular weight excluding hydrogens is 390 g/mol. The molecule has 5 rings (SSSR count). The fourth-order valence-electron chi connectivity index (χ4n) is 3.30. The van der Waals surface area contributed by atoms with Crippen LogP contribution in [0.15, 0.2) is 55.1 Å². The van der Waals surface area contributed by atoms with E-state index in [4.69, 9.17) is 25.8 Å². The van der Waals surface area contributed by atoms with E-state index in [9.17, 15) is 4.79 Å². The second-order valence-corrected chi connectivity index (χ2v) is 7.44. The third-order valence-corrected chi connectivity index (χ3v) is 5.05. The first-order chi connectivity index (χ1) is 14.1. The SMILES string of the molecule is C1CC2CC1O2.C=CCOc1ccc(Cl)cc1NC(=O)Cc1ccc(OC)cc1. The molecule has 6 heteroatoms. The molecule has 2 saturated heterocycles. The number of carbonyl (C=O) groups is 1. The van der Waals surface area contributed by atoms with Crippen LogP contribution >= 0.6 is 11.6 Å². The largest absolute Gasteiger partial charge is 0.497 e. The summed E-state index contributed by atoms with van der Waals surface area (Å²) in [6.45, 7) is 3.96. The Labute approximate surface area is 176 Å². The Hall–Kier alpha value is -2.50. The molecular formula is C23H26ClNO4. The van der Waals surface area contributed by atoms with Crippen molar-refractivity contribution in [3.63, 3.8) is 0 Å². The molecule has 1 amide bonds. The lowest BCUT2D eigenvalue weighted by Crippen LogP contribution is -2.25. The van der Waals surface area contributed by atoms with Crippen LogP contribution in [-0.4, -0.2) is 31.8 Å². The van der Waals surface area contributed by atoms with E-state index in [0.29, 0.717) is 35.3 Å². The number of amides is 1. The molecule has 5 nitrogen and oxygen atoms in total. The van der Waals surface area contributed by atoms with Gasteiger partial charge in [0.05, 0.1) is 31.4 Å². The average Bonchev–Trinajstić information content (AvgIpc) is 3.35. The predicted molar refractivity (Wildman–Crippen MR) is 115 cm³/mol. The molecule has 0 radical (unpaired) electrons. The molecule has 0 aromatic heterocycles. The minimum absolute atomic E-state index is 0.152. The Morgan fingerprint density at radius 2 is 1.93 bits per heavy atom. The molecule has 1 N–H and O–H groups in total. The average molecular weight is 416 g/mol. The van der Waals surface area contributed by atoms with Gasteiger partial charge in [-0.15, -0.1) is 0 Å². The first-order valence-corrected chi connectivity index (χ1v) is 10.1. The Morgan fingerprint density at radius 3 is 2.48 bits per heavy atom. The van der Waals surface area contributed by atoms with Crippen molar-refractivity contribution in [3.05, 3.63) is 65.7 Å². The molecule has 2 aliphatic heterocycles. The molecule has 1 aliphatic carbocycles. The van der Waals surface area contributed by atoms with Gasteiger partial charge in [0, 0.05) is 5.02 Å². The van der Waals surface area contributed by atoms with Gasteiger partial charge in [0.15, 0.2) is 0 Å². The highest BCUT2D eigenvalue weighted by Crippen LogP contribution is 2.36. The first kappa shape index (κ1) is 21.2. The van der Waals surface area contributed by atoms with Crippen molar-refractivity contribution in [1.29, 1.82) is 0 Å². The highest BCUT2D eigenvalue weighted by molar-refractivity contribution is 6.31. The Morgan fingerprint density at radius 1 is 1.24 bits per heavy atom. The molecule has 0 spiro atoms. The number of nitrogens with one attached hydrogen (secondary N) is 1. The van der Waals surface area contributed by atoms with Crippen molar-refractivity contribution < 1.29 is 19.0 Å². The van der Waals surface area contributed by atoms with E-state index < -0.39 is 0 Å². The summed E-state index contributed by atoms with van der Waals surface area (Å²) in [6.07, 6.45) is 7.30.